The van der Waals surface area contributed by atoms with Gasteiger partial charge in [0.1, 0.15) is 0 Å². The van der Waals surface area contributed by atoms with Crippen LogP contribution in [-0.2, 0) is 16.0 Å². The molecule has 2 aromatic rings. The Morgan fingerprint density at radius 2 is 1.64 bits per heavy atom. The highest BCUT2D eigenvalue weighted by Crippen LogP contribution is 2.21. The van der Waals surface area contributed by atoms with Gasteiger partial charge >= 0.3 is 0 Å². The molecule has 5 heteroatoms. The van der Waals surface area contributed by atoms with Gasteiger partial charge in [-0.05, 0) is 42.7 Å². The Morgan fingerprint density at radius 3 is 2.36 bits per heavy atom. The molecule has 132 valence electrons. The molecule has 5 nitrogen and oxygen atoms in total. The Hall–Kier alpha value is -2.82. The van der Waals surface area contributed by atoms with Gasteiger partial charge in [-0.25, -0.2) is 0 Å². The van der Waals surface area contributed by atoms with E-state index >= 15 is 0 Å². The van der Waals surface area contributed by atoms with Crippen molar-refractivity contribution in [1.82, 2.24) is 0 Å². The summed E-state index contributed by atoms with van der Waals surface area (Å²) >= 11 is 0. The van der Waals surface area contributed by atoms with Gasteiger partial charge in [-0.3, -0.25) is 9.59 Å². The predicted molar refractivity (Wildman–Crippen MR) is 103 cm³/mol. The minimum absolute atomic E-state index is 0.0402. The predicted octanol–water partition coefficient (Wildman–Crippen LogP) is 3.96. The highest BCUT2D eigenvalue weighted by Gasteiger charge is 2.08. The first-order valence-electron chi connectivity index (χ1n) is 8.55. The number of anilines is 3. The van der Waals surface area contributed by atoms with Crippen LogP contribution in [0, 0.1) is 6.92 Å². The number of aryl methyl sites for hydroxylation is 2. The smallest absolute Gasteiger partial charge is 0.243 e. The van der Waals surface area contributed by atoms with Crippen molar-refractivity contribution in [3.05, 3.63) is 53.6 Å². The number of benzene rings is 2. The van der Waals surface area contributed by atoms with Gasteiger partial charge in [0.05, 0.1) is 6.54 Å². The summed E-state index contributed by atoms with van der Waals surface area (Å²) in [6, 6.07) is 13.3. The monoisotopic (exact) mass is 339 g/mol. The third-order valence-electron chi connectivity index (χ3n) is 3.92. The van der Waals surface area contributed by atoms with Gasteiger partial charge in [0.15, 0.2) is 0 Å². The van der Waals surface area contributed by atoms with Crippen molar-refractivity contribution in [1.29, 1.82) is 0 Å². The van der Waals surface area contributed by atoms with E-state index in [4.69, 9.17) is 0 Å². The van der Waals surface area contributed by atoms with Crippen molar-refractivity contribution in [2.45, 2.75) is 33.6 Å². The third-order valence-corrected chi connectivity index (χ3v) is 3.92. The van der Waals surface area contributed by atoms with E-state index in [0.717, 1.165) is 28.9 Å². The molecule has 0 aromatic heterocycles. The Bertz CT molecular complexity index is 756. The SMILES string of the molecule is CCC(=O)Nc1cccc(NCC(=O)Nc2c(C)cccc2CC)c1. The number of hydrogen-bond acceptors (Lipinski definition) is 3. The van der Waals surface area contributed by atoms with Crippen molar-refractivity contribution in [3.63, 3.8) is 0 Å². The number of carbonyl (C=O) groups is 2. The quantitative estimate of drug-likeness (QED) is 0.715. The number of hydrogen-bond donors (Lipinski definition) is 3. The summed E-state index contributed by atoms with van der Waals surface area (Å²) in [5.74, 6) is -0.145. The van der Waals surface area contributed by atoms with Gasteiger partial charge in [0.25, 0.3) is 0 Å². The van der Waals surface area contributed by atoms with E-state index in [-0.39, 0.29) is 18.4 Å². The molecule has 0 radical (unpaired) electrons. The molecule has 0 spiro atoms. The van der Waals surface area contributed by atoms with Crippen LogP contribution in [-0.4, -0.2) is 18.4 Å². The van der Waals surface area contributed by atoms with E-state index in [1.54, 1.807) is 6.92 Å². The Labute approximate surface area is 148 Å². The lowest BCUT2D eigenvalue weighted by Crippen LogP contribution is -2.23. The third kappa shape index (κ3) is 5.35. The van der Waals surface area contributed by atoms with E-state index in [2.05, 4.69) is 22.9 Å². The molecule has 0 aliphatic carbocycles. The highest BCUT2D eigenvalue weighted by molar-refractivity contribution is 5.95. The zero-order valence-electron chi connectivity index (χ0n) is 15.0. The number of rotatable bonds is 7. The van der Waals surface area contributed by atoms with Crippen LogP contribution in [0.1, 0.15) is 31.4 Å². The van der Waals surface area contributed by atoms with Crippen molar-refractivity contribution in [2.75, 3.05) is 22.5 Å². The Morgan fingerprint density at radius 1 is 0.920 bits per heavy atom. The fourth-order valence-electron chi connectivity index (χ4n) is 2.52. The molecule has 3 N–H and O–H groups in total. The maximum atomic E-state index is 12.3. The topological polar surface area (TPSA) is 70.2 Å². The Kier molecular flexibility index (Phi) is 6.57. The van der Waals surface area contributed by atoms with Crippen LogP contribution < -0.4 is 16.0 Å². The van der Waals surface area contributed by atoms with Crippen molar-refractivity contribution in [3.8, 4) is 0 Å². The van der Waals surface area contributed by atoms with E-state index in [1.165, 1.54) is 0 Å². The minimum atomic E-state index is -0.105. The molecule has 0 aliphatic heterocycles. The first-order chi connectivity index (χ1) is 12.0. The summed E-state index contributed by atoms with van der Waals surface area (Å²) in [5.41, 5.74) is 4.56. The zero-order chi connectivity index (χ0) is 18.2. The number of para-hydroxylation sites is 1. The van der Waals surface area contributed by atoms with Gasteiger partial charge in [-0.2, -0.15) is 0 Å². The summed E-state index contributed by atoms with van der Waals surface area (Å²) in [4.78, 5) is 23.7. The van der Waals surface area contributed by atoms with Crippen LogP contribution in [0.4, 0.5) is 17.1 Å². The molecule has 0 saturated heterocycles. The second kappa shape index (κ2) is 8.87. The molecule has 0 bridgehead atoms. The summed E-state index contributed by atoms with van der Waals surface area (Å²) in [5, 5.41) is 8.88. The van der Waals surface area contributed by atoms with Crippen molar-refractivity contribution >= 4 is 28.9 Å². The van der Waals surface area contributed by atoms with Gasteiger partial charge < -0.3 is 16.0 Å². The summed E-state index contributed by atoms with van der Waals surface area (Å²) in [6.07, 6.45) is 1.29. The lowest BCUT2D eigenvalue weighted by atomic mass is 10.1. The standard InChI is InChI=1S/C20H25N3O2/c1-4-15-9-6-8-14(3)20(15)23-19(25)13-21-16-10-7-11-17(12-16)22-18(24)5-2/h6-12,21H,4-5,13H2,1-3H3,(H,22,24)(H,23,25). The molecule has 0 fully saturated rings. The van der Waals surface area contributed by atoms with Crippen LogP contribution in [0.15, 0.2) is 42.5 Å². The van der Waals surface area contributed by atoms with Gasteiger partial charge in [-0.15, -0.1) is 0 Å². The first-order valence-corrected chi connectivity index (χ1v) is 8.55. The molecule has 2 amide bonds. The van der Waals surface area contributed by atoms with E-state index in [1.807, 2.05) is 49.4 Å². The van der Waals surface area contributed by atoms with Crippen LogP contribution >= 0.6 is 0 Å². The van der Waals surface area contributed by atoms with Gasteiger partial charge in [0.2, 0.25) is 11.8 Å². The van der Waals surface area contributed by atoms with Gasteiger partial charge in [-0.1, -0.05) is 38.1 Å². The molecule has 0 atom stereocenters. The van der Waals surface area contributed by atoms with Crippen LogP contribution in [0.2, 0.25) is 0 Å². The number of amides is 2. The highest BCUT2D eigenvalue weighted by atomic mass is 16.2. The lowest BCUT2D eigenvalue weighted by Gasteiger charge is -2.14. The normalized spacial score (nSPS) is 10.2. The second-order valence-electron chi connectivity index (χ2n) is 5.85. The number of carbonyl (C=O) groups excluding carboxylic acids is 2. The average molecular weight is 339 g/mol. The fraction of sp³-hybridized carbons (Fsp3) is 0.300. The molecular weight excluding hydrogens is 314 g/mol. The molecule has 0 aliphatic rings. The maximum Gasteiger partial charge on any atom is 0.243 e. The zero-order valence-corrected chi connectivity index (χ0v) is 15.0. The van der Waals surface area contributed by atoms with Crippen molar-refractivity contribution < 1.29 is 9.59 Å². The summed E-state index contributed by atoms with van der Waals surface area (Å²) in [6.45, 7) is 6.02. The fourth-order valence-corrected chi connectivity index (χ4v) is 2.52. The number of nitrogens with one attached hydrogen (secondary N) is 3. The van der Waals surface area contributed by atoms with Crippen molar-refractivity contribution in [2.24, 2.45) is 0 Å². The van der Waals surface area contributed by atoms with E-state index < -0.39 is 0 Å². The van der Waals surface area contributed by atoms with Crippen LogP contribution in [0.3, 0.4) is 0 Å². The molecule has 0 unspecified atom stereocenters. The molecule has 0 saturated carbocycles. The summed E-state index contributed by atoms with van der Waals surface area (Å²) in [7, 11) is 0. The molecule has 2 rings (SSSR count). The van der Waals surface area contributed by atoms with Gasteiger partial charge in [0, 0.05) is 23.5 Å². The first kappa shape index (κ1) is 18.5. The average Bonchev–Trinajstić information content (AvgIpc) is 2.62. The molecular formula is C20H25N3O2. The largest absolute Gasteiger partial charge is 0.376 e. The Balaban J connectivity index is 1.97. The molecule has 2 aromatic carbocycles. The van der Waals surface area contributed by atoms with Crippen LogP contribution in [0.25, 0.3) is 0 Å². The molecule has 25 heavy (non-hydrogen) atoms. The second-order valence-corrected chi connectivity index (χ2v) is 5.85. The van der Waals surface area contributed by atoms with E-state index in [0.29, 0.717) is 12.1 Å². The summed E-state index contributed by atoms with van der Waals surface area (Å²) < 4.78 is 0. The minimum Gasteiger partial charge on any atom is -0.376 e. The molecule has 0 heterocycles. The lowest BCUT2D eigenvalue weighted by molar-refractivity contribution is -0.116. The maximum absolute atomic E-state index is 12.3. The van der Waals surface area contributed by atoms with Crippen LogP contribution in [0.5, 0.6) is 0 Å². The van der Waals surface area contributed by atoms with E-state index in [9.17, 15) is 9.59 Å².